The molecule has 0 heterocycles. The van der Waals surface area contributed by atoms with Crippen LogP contribution in [0, 0.1) is 0 Å². The minimum absolute atomic E-state index is 0.0376. The number of hydrazone groups is 1. The average Bonchev–Trinajstić information content (AvgIpc) is 2.83. The molecule has 0 aliphatic rings. The molecule has 2 aromatic rings. The fourth-order valence-corrected chi connectivity index (χ4v) is 2.89. The molecule has 0 saturated carbocycles. The molecule has 10 heteroatoms. The molecule has 0 bridgehead atoms. The summed E-state index contributed by atoms with van der Waals surface area (Å²) in [6.07, 6.45) is 0.792. The van der Waals surface area contributed by atoms with Gasteiger partial charge in [0.1, 0.15) is 0 Å². The van der Waals surface area contributed by atoms with Crippen molar-refractivity contribution in [3.05, 3.63) is 59.7 Å². The summed E-state index contributed by atoms with van der Waals surface area (Å²) < 4.78 is 20.5. The Hall–Kier alpha value is -4.08. The molecular weight excluding hydrogens is 442 g/mol. The van der Waals surface area contributed by atoms with Crippen LogP contribution in [0.15, 0.2) is 53.6 Å². The van der Waals surface area contributed by atoms with Gasteiger partial charge in [-0.1, -0.05) is 30.3 Å². The van der Waals surface area contributed by atoms with Crippen molar-refractivity contribution >= 4 is 24.2 Å². The maximum absolute atomic E-state index is 12.4. The molecule has 0 radical (unpaired) electrons. The summed E-state index contributed by atoms with van der Waals surface area (Å²) in [5, 5.41) is 6.65. The number of esters is 1. The Labute approximate surface area is 198 Å². The molecule has 182 valence electrons. The number of carbonyl (C=O) groups excluding carboxylic acids is 3. The van der Waals surface area contributed by atoms with Crippen molar-refractivity contribution in [3.8, 4) is 11.5 Å². The van der Waals surface area contributed by atoms with Crippen LogP contribution in [-0.2, 0) is 19.1 Å². The molecule has 2 amide bonds. The molecule has 0 aliphatic heterocycles. The Kier molecular flexibility index (Phi) is 10.9. The van der Waals surface area contributed by atoms with E-state index in [-0.39, 0.29) is 26.2 Å². The number of hydrogen-bond donors (Lipinski definition) is 2. The second-order valence-electron chi connectivity index (χ2n) is 6.83. The van der Waals surface area contributed by atoms with Gasteiger partial charge in [0.2, 0.25) is 5.91 Å². The number of carbonyl (C=O) groups is 3. The Morgan fingerprint density at radius 2 is 1.74 bits per heavy atom. The summed E-state index contributed by atoms with van der Waals surface area (Å²) in [7, 11) is 1.47. The van der Waals surface area contributed by atoms with Gasteiger partial charge in [-0.15, -0.1) is 0 Å². The van der Waals surface area contributed by atoms with Gasteiger partial charge >= 0.3 is 12.1 Å². The van der Waals surface area contributed by atoms with E-state index < -0.39 is 24.0 Å². The fourth-order valence-electron chi connectivity index (χ4n) is 2.89. The standard InChI is InChI=1S/C24H29N3O7/c1-4-32-23(29)16-34-20-12-11-17(13-21(20)31-3)15-25-27-22(28)14-19(26-24(30)33-5-2)18-9-7-6-8-10-18/h6-13,15,19H,4-5,14,16H2,1-3H3,(H,26,30)(H,27,28)/b25-15-/t19-/m0/s1. The van der Waals surface area contributed by atoms with E-state index in [2.05, 4.69) is 15.8 Å². The summed E-state index contributed by atoms with van der Waals surface area (Å²) in [5.74, 6) is -0.123. The highest BCUT2D eigenvalue weighted by molar-refractivity contribution is 5.84. The van der Waals surface area contributed by atoms with Crippen molar-refractivity contribution in [2.45, 2.75) is 26.3 Å². The van der Waals surface area contributed by atoms with Gasteiger partial charge in [-0.05, 0) is 43.2 Å². The highest BCUT2D eigenvalue weighted by Crippen LogP contribution is 2.27. The van der Waals surface area contributed by atoms with E-state index in [9.17, 15) is 14.4 Å². The van der Waals surface area contributed by atoms with Gasteiger partial charge in [0.15, 0.2) is 18.1 Å². The lowest BCUT2D eigenvalue weighted by Crippen LogP contribution is -2.33. The van der Waals surface area contributed by atoms with Gasteiger partial charge in [-0.2, -0.15) is 5.10 Å². The van der Waals surface area contributed by atoms with E-state index in [4.69, 9.17) is 18.9 Å². The van der Waals surface area contributed by atoms with Gasteiger partial charge in [0.05, 0.1) is 39.0 Å². The van der Waals surface area contributed by atoms with Gasteiger partial charge < -0.3 is 24.3 Å². The topological polar surface area (TPSA) is 125 Å². The van der Waals surface area contributed by atoms with Gasteiger partial charge in [0.25, 0.3) is 0 Å². The van der Waals surface area contributed by atoms with Crippen LogP contribution >= 0.6 is 0 Å². The van der Waals surface area contributed by atoms with Gasteiger partial charge in [-0.25, -0.2) is 15.0 Å². The number of rotatable bonds is 12. The van der Waals surface area contributed by atoms with Crippen LogP contribution in [-0.4, -0.2) is 51.1 Å². The van der Waals surface area contributed by atoms with E-state index in [0.717, 1.165) is 5.56 Å². The maximum atomic E-state index is 12.4. The van der Waals surface area contributed by atoms with Crippen LogP contribution in [0.3, 0.4) is 0 Å². The highest BCUT2D eigenvalue weighted by atomic mass is 16.6. The van der Waals surface area contributed by atoms with Crippen molar-refractivity contribution in [1.29, 1.82) is 0 Å². The van der Waals surface area contributed by atoms with E-state index in [0.29, 0.717) is 17.1 Å². The fraction of sp³-hybridized carbons (Fsp3) is 0.333. The number of benzene rings is 2. The molecule has 2 aromatic carbocycles. The molecule has 0 spiro atoms. The zero-order valence-electron chi connectivity index (χ0n) is 19.4. The van der Waals surface area contributed by atoms with Crippen LogP contribution in [0.5, 0.6) is 11.5 Å². The number of nitrogens with zero attached hydrogens (tertiary/aromatic N) is 1. The molecule has 10 nitrogen and oxygen atoms in total. The normalized spacial score (nSPS) is 11.4. The van der Waals surface area contributed by atoms with E-state index >= 15 is 0 Å². The third-order valence-corrected chi connectivity index (χ3v) is 4.40. The SMILES string of the molecule is CCOC(=O)COc1ccc(/C=N\NC(=O)C[C@H](NC(=O)OCC)c2ccccc2)cc1OC. The monoisotopic (exact) mass is 471 g/mol. The molecule has 34 heavy (non-hydrogen) atoms. The zero-order valence-corrected chi connectivity index (χ0v) is 19.4. The van der Waals surface area contributed by atoms with Crippen molar-refractivity contribution in [3.63, 3.8) is 0 Å². The van der Waals surface area contributed by atoms with Gasteiger partial charge in [-0.3, -0.25) is 4.79 Å². The van der Waals surface area contributed by atoms with Crippen LogP contribution in [0.1, 0.15) is 37.4 Å². The van der Waals surface area contributed by atoms with Crippen LogP contribution in [0.2, 0.25) is 0 Å². The first-order valence-electron chi connectivity index (χ1n) is 10.7. The second-order valence-corrected chi connectivity index (χ2v) is 6.83. The third kappa shape index (κ3) is 8.81. The number of ether oxygens (including phenoxy) is 4. The minimum Gasteiger partial charge on any atom is -0.493 e. The summed E-state index contributed by atoms with van der Waals surface area (Å²) in [6, 6.07) is 13.5. The first-order valence-corrected chi connectivity index (χ1v) is 10.7. The lowest BCUT2D eigenvalue weighted by Gasteiger charge is -2.18. The maximum Gasteiger partial charge on any atom is 0.407 e. The van der Waals surface area contributed by atoms with E-state index in [1.54, 1.807) is 32.0 Å². The van der Waals surface area contributed by atoms with Crippen molar-refractivity contribution in [2.75, 3.05) is 26.9 Å². The quantitative estimate of drug-likeness (QED) is 0.277. The van der Waals surface area contributed by atoms with E-state index in [1.807, 2.05) is 30.3 Å². The number of alkyl carbamates (subject to hydrolysis) is 1. The Morgan fingerprint density at radius 3 is 2.41 bits per heavy atom. The molecule has 0 fully saturated rings. The molecule has 0 saturated heterocycles. The minimum atomic E-state index is -0.606. The van der Waals surface area contributed by atoms with Gasteiger partial charge in [0, 0.05) is 0 Å². The molecule has 0 aliphatic carbocycles. The predicted molar refractivity (Wildman–Crippen MR) is 125 cm³/mol. The lowest BCUT2D eigenvalue weighted by atomic mass is 10.0. The van der Waals surface area contributed by atoms with Crippen molar-refractivity contribution < 1.29 is 33.3 Å². The van der Waals surface area contributed by atoms with Crippen LogP contribution < -0.4 is 20.2 Å². The molecule has 2 N–H and O–H groups in total. The summed E-state index contributed by atoms with van der Waals surface area (Å²) in [5.41, 5.74) is 3.84. The first-order chi connectivity index (χ1) is 16.5. The first kappa shape index (κ1) is 26.2. The smallest absolute Gasteiger partial charge is 0.407 e. The summed E-state index contributed by atoms with van der Waals surface area (Å²) in [6.45, 7) is 3.66. The molecule has 2 rings (SSSR count). The molecular formula is C24H29N3O7. The lowest BCUT2D eigenvalue weighted by molar-refractivity contribution is -0.145. The van der Waals surface area contributed by atoms with Crippen LogP contribution in [0.4, 0.5) is 4.79 Å². The highest BCUT2D eigenvalue weighted by Gasteiger charge is 2.18. The molecule has 0 unspecified atom stereocenters. The average molecular weight is 472 g/mol. The zero-order chi connectivity index (χ0) is 24.8. The van der Waals surface area contributed by atoms with Crippen molar-refractivity contribution in [1.82, 2.24) is 10.7 Å². The van der Waals surface area contributed by atoms with Crippen LogP contribution in [0.25, 0.3) is 0 Å². The van der Waals surface area contributed by atoms with E-state index in [1.165, 1.54) is 13.3 Å². The number of amides is 2. The number of methoxy groups -OCH3 is 1. The Balaban J connectivity index is 1.98. The Morgan fingerprint density at radius 1 is 1.00 bits per heavy atom. The summed E-state index contributed by atoms with van der Waals surface area (Å²) in [4.78, 5) is 35.8. The van der Waals surface area contributed by atoms with Crippen molar-refractivity contribution in [2.24, 2.45) is 5.10 Å². The number of hydrogen-bond acceptors (Lipinski definition) is 8. The number of nitrogens with one attached hydrogen (secondary N) is 2. The predicted octanol–water partition coefficient (Wildman–Crippen LogP) is 2.96. The second kappa shape index (κ2) is 14.1. The largest absolute Gasteiger partial charge is 0.493 e. The Bertz CT molecular complexity index is 980. The third-order valence-electron chi connectivity index (χ3n) is 4.40. The molecule has 1 atom stereocenters. The molecule has 0 aromatic heterocycles. The summed E-state index contributed by atoms with van der Waals surface area (Å²) >= 11 is 0.